The van der Waals surface area contributed by atoms with Gasteiger partial charge in [-0.25, -0.2) is 0 Å². The van der Waals surface area contributed by atoms with Gasteiger partial charge in [-0.1, -0.05) is 30.3 Å². The Bertz CT molecular complexity index is 578. The van der Waals surface area contributed by atoms with Gasteiger partial charge in [-0.3, -0.25) is 0 Å². The van der Waals surface area contributed by atoms with Crippen LogP contribution in [0.15, 0.2) is 53.9 Å². The van der Waals surface area contributed by atoms with Crippen molar-refractivity contribution in [3.63, 3.8) is 0 Å². The van der Waals surface area contributed by atoms with Gasteiger partial charge in [-0.15, -0.1) is 11.3 Å². The van der Waals surface area contributed by atoms with E-state index in [1.807, 2.05) is 6.07 Å². The fraction of sp³-hybridized carbons (Fsp3) is 0. The van der Waals surface area contributed by atoms with Crippen molar-refractivity contribution in [3.8, 4) is 11.1 Å². The maximum Gasteiger partial charge on any atom is 0.0349 e. The quantitative estimate of drug-likeness (QED) is 0.558. The molecule has 0 amide bonds. The Morgan fingerprint density at radius 3 is 2.73 bits per heavy atom. The summed E-state index contributed by atoms with van der Waals surface area (Å²) in [6.45, 7) is 0. The van der Waals surface area contributed by atoms with E-state index in [1.165, 1.54) is 21.2 Å². The molecule has 0 spiro atoms. The zero-order valence-electron chi connectivity index (χ0n) is 8.10. The van der Waals surface area contributed by atoms with Crippen molar-refractivity contribution in [2.75, 3.05) is 0 Å². The lowest BCUT2D eigenvalue weighted by molar-refractivity contribution is 1.65. The van der Waals surface area contributed by atoms with Crippen LogP contribution in [0.2, 0.25) is 0 Å². The van der Waals surface area contributed by atoms with Crippen molar-refractivity contribution in [2.45, 2.75) is 0 Å². The van der Waals surface area contributed by atoms with Crippen LogP contribution in [0.1, 0.15) is 0 Å². The van der Waals surface area contributed by atoms with Crippen molar-refractivity contribution in [2.24, 2.45) is 0 Å². The zero-order valence-corrected chi connectivity index (χ0v) is 8.92. The van der Waals surface area contributed by atoms with E-state index in [0.717, 1.165) is 0 Å². The minimum Gasteiger partial charge on any atom is -0.144 e. The van der Waals surface area contributed by atoms with Crippen LogP contribution in [0.5, 0.6) is 0 Å². The molecule has 0 fully saturated rings. The number of hydrogen-bond donors (Lipinski definition) is 0. The normalized spacial score (nSPS) is 10.7. The van der Waals surface area contributed by atoms with E-state index in [4.69, 9.17) is 0 Å². The van der Waals surface area contributed by atoms with Crippen LogP contribution in [0.4, 0.5) is 0 Å². The highest BCUT2D eigenvalue weighted by Crippen LogP contribution is 2.26. The standard InChI is InChI=1S/C14H9S/c1-2-4-11(5-3-1)13-7-6-12-8-9-15-14(12)10-13/h1-6,8-10H. The molecule has 1 radical (unpaired) electrons. The first-order chi connectivity index (χ1) is 7.43. The van der Waals surface area contributed by atoms with Gasteiger partial charge in [-0.05, 0) is 46.2 Å². The molecular formula is C14H9S. The maximum absolute atomic E-state index is 3.32. The Balaban J connectivity index is 2.19. The molecule has 1 heterocycles. The Kier molecular flexibility index (Phi) is 2.04. The maximum atomic E-state index is 3.32. The summed E-state index contributed by atoms with van der Waals surface area (Å²) in [7, 11) is 0. The van der Waals surface area contributed by atoms with Crippen LogP contribution < -0.4 is 0 Å². The molecule has 71 valence electrons. The van der Waals surface area contributed by atoms with Gasteiger partial charge >= 0.3 is 0 Å². The molecule has 0 saturated heterocycles. The van der Waals surface area contributed by atoms with Crippen LogP contribution >= 0.6 is 11.3 Å². The predicted octanol–water partition coefficient (Wildman–Crippen LogP) is 4.37. The third kappa shape index (κ3) is 1.55. The van der Waals surface area contributed by atoms with E-state index in [-0.39, 0.29) is 0 Å². The molecule has 0 atom stereocenters. The van der Waals surface area contributed by atoms with Gasteiger partial charge in [0.2, 0.25) is 0 Å². The SMILES string of the molecule is [c]1cc2ccsc2cc1-c1ccccc1. The molecule has 2 aromatic carbocycles. The average Bonchev–Trinajstić information content (AvgIpc) is 2.77. The van der Waals surface area contributed by atoms with Crippen molar-refractivity contribution < 1.29 is 0 Å². The predicted molar refractivity (Wildman–Crippen MR) is 66.1 cm³/mol. The van der Waals surface area contributed by atoms with E-state index >= 15 is 0 Å². The summed E-state index contributed by atoms with van der Waals surface area (Å²) in [5.74, 6) is 0. The third-order valence-electron chi connectivity index (χ3n) is 2.47. The highest BCUT2D eigenvalue weighted by Gasteiger charge is 1.99. The van der Waals surface area contributed by atoms with E-state index < -0.39 is 0 Å². The van der Waals surface area contributed by atoms with Gasteiger partial charge in [0.1, 0.15) is 0 Å². The lowest BCUT2D eigenvalue weighted by Gasteiger charge is -2.00. The second-order valence-electron chi connectivity index (χ2n) is 3.45. The molecule has 1 aromatic heterocycles. The molecule has 3 rings (SSSR count). The first-order valence-corrected chi connectivity index (χ1v) is 5.76. The first-order valence-electron chi connectivity index (χ1n) is 4.88. The van der Waals surface area contributed by atoms with E-state index in [9.17, 15) is 0 Å². The fourth-order valence-electron chi connectivity index (χ4n) is 1.68. The molecule has 1 heteroatoms. The highest BCUT2D eigenvalue weighted by molar-refractivity contribution is 7.17. The summed E-state index contributed by atoms with van der Waals surface area (Å²) in [5, 5.41) is 3.40. The monoisotopic (exact) mass is 209 g/mol. The molecule has 0 aliphatic heterocycles. The topological polar surface area (TPSA) is 0 Å². The molecule has 0 bridgehead atoms. The average molecular weight is 209 g/mol. The molecule has 3 aromatic rings. The third-order valence-corrected chi connectivity index (χ3v) is 3.35. The number of rotatable bonds is 1. The first kappa shape index (κ1) is 8.69. The number of benzene rings is 2. The number of fused-ring (bicyclic) bond motifs is 1. The lowest BCUT2D eigenvalue weighted by atomic mass is 10.1. The lowest BCUT2D eigenvalue weighted by Crippen LogP contribution is -1.75. The van der Waals surface area contributed by atoms with Crippen LogP contribution in [-0.4, -0.2) is 0 Å². The van der Waals surface area contributed by atoms with Crippen molar-refractivity contribution >= 4 is 21.4 Å². The molecule has 0 N–H and O–H groups in total. The van der Waals surface area contributed by atoms with E-state index in [2.05, 4.69) is 53.9 Å². The fourth-order valence-corrected chi connectivity index (χ4v) is 2.49. The van der Waals surface area contributed by atoms with Crippen LogP contribution in [-0.2, 0) is 0 Å². The molecule has 15 heavy (non-hydrogen) atoms. The number of thiophene rings is 1. The van der Waals surface area contributed by atoms with Crippen molar-refractivity contribution in [1.82, 2.24) is 0 Å². The molecule has 0 saturated carbocycles. The van der Waals surface area contributed by atoms with Gasteiger partial charge in [0.15, 0.2) is 0 Å². The van der Waals surface area contributed by atoms with E-state index in [1.54, 1.807) is 11.3 Å². The van der Waals surface area contributed by atoms with Gasteiger partial charge in [-0.2, -0.15) is 0 Å². The van der Waals surface area contributed by atoms with Crippen molar-refractivity contribution in [3.05, 3.63) is 60.0 Å². The Morgan fingerprint density at radius 1 is 1.00 bits per heavy atom. The highest BCUT2D eigenvalue weighted by atomic mass is 32.1. The molecular weight excluding hydrogens is 200 g/mol. The van der Waals surface area contributed by atoms with Gasteiger partial charge < -0.3 is 0 Å². The van der Waals surface area contributed by atoms with E-state index in [0.29, 0.717) is 0 Å². The Morgan fingerprint density at radius 2 is 1.87 bits per heavy atom. The van der Waals surface area contributed by atoms with Gasteiger partial charge in [0.05, 0.1) is 0 Å². The Hall–Kier alpha value is -1.60. The molecule has 0 nitrogen and oxygen atoms in total. The molecule has 0 aliphatic carbocycles. The van der Waals surface area contributed by atoms with Crippen molar-refractivity contribution in [1.29, 1.82) is 0 Å². The largest absolute Gasteiger partial charge is 0.144 e. The van der Waals surface area contributed by atoms with Gasteiger partial charge in [0, 0.05) is 4.70 Å². The van der Waals surface area contributed by atoms with Crippen LogP contribution in [0.3, 0.4) is 0 Å². The smallest absolute Gasteiger partial charge is 0.0349 e. The second kappa shape index (κ2) is 3.52. The summed E-state index contributed by atoms with van der Waals surface area (Å²) in [4.78, 5) is 0. The van der Waals surface area contributed by atoms with Crippen LogP contribution in [0.25, 0.3) is 21.2 Å². The molecule has 0 aliphatic rings. The number of hydrogen-bond acceptors (Lipinski definition) is 1. The summed E-state index contributed by atoms with van der Waals surface area (Å²) < 4.78 is 1.33. The Labute approximate surface area is 92.8 Å². The minimum atomic E-state index is 1.17. The zero-order chi connectivity index (χ0) is 10.1. The summed E-state index contributed by atoms with van der Waals surface area (Å²) in [6.07, 6.45) is 0. The summed E-state index contributed by atoms with van der Waals surface area (Å²) in [6, 6.07) is 20.1. The summed E-state index contributed by atoms with van der Waals surface area (Å²) in [5.41, 5.74) is 2.40. The summed E-state index contributed by atoms with van der Waals surface area (Å²) >= 11 is 1.78. The second-order valence-corrected chi connectivity index (χ2v) is 4.40. The van der Waals surface area contributed by atoms with Crippen LogP contribution in [0, 0.1) is 6.07 Å². The molecule has 0 unspecified atom stereocenters. The van der Waals surface area contributed by atoms with Gasteiger partial charge in [0.25, 0.3) is 0 Å². The minimum absolute atomic E-state index is 1.17.